The predicted molar refractivity (Wildman–Crippen MR) is 97.6 cm³/mol. The quantitative estimate of drug-likeness (QED) is 0.756. The number of benzene rings is 1. The first-order valence-electron chi connectivity index (χ1n) is 9.07. The van der Waals surface area contributed by atoms with Gasteiger partial charge in [-0.25, -0.2) is 0 Å². The molecule has 1 saturated heterocycles. The Morgan fingerprint density at radius 2 is 2.15 bits per heavy atom. The first-order valence-corrected chi connectivity index (χ1v) is 9.07. The van der Waals surface area contributed by atoms with Crippen molar-refractivity contribution in [1.82, 2.24) is 24.5 Å². The van der Waals surface area contributed by atoms with Crippen LogP contribution in [0.3, 0.4) is 0 Å². The summed E-state index contributed by atoms with van der Waals surface area (Å²) in [5, 5.41) is 19.0. The Labute approximate surface area is 151 Å². The van der Waals surface area contributed by atoms with E-state index >= 15 is 0 Å². The van der Waals surface area contributed by atoms with Gasteiger partial charge in [0.25, 0.3) is 0 Å². The zero-order valence-electron chi connectivity index (χ0n) is 14.7. The van der Waals surface area contributed by atoms with Crippen molar-refractivity contribution in [3.8, 4) is 0 Å². The van der Waals surface area contributed by atoms with Gasteiger partial charge >= 0.3 is 0 Å². The van der Waals surface area contributed by atoms with Crippen molar-refractivity contribution in [3.05, 3.63) is 48.4 Å². The van der Waals surface area contributed by atoms with Crippen molar-refractivity contribution in [2.45, 2.75) is 31.8 Å². The van der Waals surface area contributed by atoms with E-state index in [4.69, 9.17) is 5.11 Å². The van der Waals surface area contributed by atoms with Crippen LogP contribution < -0.4 is 0 Å². The van der Waals surface area contributed by atoms with Crippen molar-refractivity contribution in [3.63, 3.8) is 0 Å². The minimum absolute atomic E-state index is 0.0776. The number of amides is 1. The molecule has 1 N–H and O–H groups in total. The van der Waals surface area contributed by atoms with Crippen molar-refractivity contribution in [2.24, 2.45) is 0 Å². The molecule has 7 nitrogen and oxygen atoms in total. The lowest BCUT2D eigenvalue weighted by atomic mass is 9.95. The van der Waals surface area contributed by atoms with Crippen molar-refractivity contribution in [2.75, 3.05) is 19.7 Å². The summed E-state index contributed by atoms with van der Waals surface area (Å²) in [6.07, 6.45) is 5.70. The predicted octanol–water partition coefficient (Wildman–Crippen LogP) is 1.63. The number of likely N-dealkylation sites (tertiary alicyclic amines) is 1. The van der Waals surface area contributed by atoms with E-state index in [1.807, 2.05) is 41.4 Å². The lowest BCUT2D eigenvalue weighted by Gasteiger charge is -2.32. The molecule has 1 fully saturated rings. The van der Waals surface area contributed by atoms with Crippen LogP contribution in [0.1, 0.15) is 24.5 Å². The van der Waals surface area contributed by atoms with E-state index in [1.165, 1.54) is 0 Å². The van der Waals surface area contributed by atoms with Crippen LogP contribution in [0.4, 0.5) is 0 Å². The monoisotopic (exact) mass is 353 g/mol. The minimum Gasteiger partial charge on any atom is -0.394 e. The molecule has 0 bridgehead atoms. The zero-order valence-corrected chi connectivity index (χ0v) is 14.7. The molecule has 0 spiro atoms. The third-order valence-corrected chi connectivity index (χ3v) is 5.02. The van der Waals surface area contributed by atoms with E-state index in [-0.39, 0.29) is 25.0 Å². The first-order chi connectivity index (χ1) is 12.7. The molecule has 3 aromatic rings. The fourth-order valence-electron chi connectivity index (χ4n) is 3.65. The molecule has 7 heteroatoms. The number of carbonyl (C=O) groups is 1. The molecule has 1 amide bonds. The van der Waals surface area contributed by atoms with Gasteiger partial charge in [-0.15, -0.1) is 0 Å². The normalized spacial score (nSPS) is 17.7. The Balaban J connectivity index is 1.44. The van der Waals surface area contributed by atoms with Crippen LogP contribution >= 0.6 is 0 Å². The molecule has 3 heterocycles. The Kier molecular flexibility index (Phi) is 4.71. The number of para-hydroxylation sites is 1. The van der Waals surface area contributed by atoms with Gasteiger partial charge < -0.3 is 10.0 Å². The molecule has 4 rings (SSSR count). The molecular weight excluding hydrogens is 330 g/mol. The van der Waals surface area contributed by atoms with Gasteiger partial charge in [-0.2, -0.15) is 10.2 Å². The summed E-state index contributed by atoms with van der Waals surface area (Å²) in [5.74, 6) is 0.348. The van der Waals surface area contributed by atoms with Crippen molar-refractivity contribution >= 4 is 16.8 Å². The van der Waals surface area contributed by atoms with E-state index < -0.39 is 0 Å². The van der Waals surface area contributed by atoms with E-state index in [9.17, 15) is 4.79 Å². The molecule has 0 unspecified atom stereocenters. The van der Waals surface area contributed by atoms with Crippen LogP contribution in [0.25, 0.3) is 10.9 Å². The van der Waals surface area contributed by atoms with Gasteiger partial charge in [-0.05, 0) is 25.0 Å². The summed E-state index contributed by atoms with van der Waals surface area (Å²) in [6.45, 7) is 2.31. The van der Waals surface area contributed by atoms with Crippen LogP contribution in [-0.4, -0.2) is 55.2 Å². The number of aliphatic hydroxyl groups excluding tert-OH is 1. The number of nitrogens with zero attached hydrogens (tertiary/aromatic N) is 5. The standard InChI is InChI=1S/C19H23N5O2/c25-11-10-23-9-7-17(21-23)16-5-3-8-22(13-16)19(26)14-24-18-6-2-1-4-15(18)12-20-24/h1-2,4,6-7,9,12,16,25H,3,5,8,10-11,13-14H2/t16-/m0/s1. The van der Waals surface area contributed by atoms with E-state index in [0.29, 0.717) is 13.1 Å². The second kappa shape index (κ2) is 7.29. The summed E-state index contributed by atoms with van der Waals surface area (Å²) in [7, 11) is 0. The zero-order chi connectivity index (χ0) is 17.9. The third-order valence-electron chi connectivity index (χ3n) is 5.02. The second-order valence-electron chi connectivity index (χ2n) is 6.77. The highest BCUT2D eigenvalue weighted by Crippen LogP contribution is 2.26. The lowest BCUT2D eigenvalue weighted by molar-refractivity contribution is -0.133. The molecule has 26 heavy (non-hydrogen) atoms. The van der Waals surface area contributed by atoms with Crippen LogP contribution in [0.2, 0.25) is 0 Å². The summed E-state index contributed by atoms with van der Waals surface area (Å²) >= 11 is 0. The van der Waals surface area contributed by atoms with Gasteiger partial charge in [0.15, 0.2) is 0 Å². The van der Waals surface area contributed by atoms with Gasteiger partial charge in [0.1, 0.15) is 6.54 Å². The maximum absolute atomic E-state index is 12.8. The highest BCUT2D eigenvalue weighted by atomic mass is 16.3. The topological polar surface area (TPSA) is 76.2 Å². The van der Waals surface area contributed by atoms with Crippen LogP contribution in [-0.2, 0) is 17.9 Å². The van der Waals surface area contributed by atoms with Gasteiger partial charge in [0.2, 0.25) is 5.91 Å². The molecule has 136 valence electrons. The van der Waals surface area contributed by atoms with Crippen molar-refractivity contribution < 1.29 is 9.90 Å². The average molecular weight is 353 g/mol. The third kappa shape index (κ3) is 3.35. The molecule has 0 aliphatic carbocycles. The SMILES string of the molecule is O=C(Cn1ncc2ccccc21)N1CCC[C@H](c2ccn(CCO)n2)C1. The Hall–Kier alpha value is -2.67. The number of rotatable bonds is 5. The van der Waals surface area contributed by atoms with Gasteiger partial charge in [-0.1, -0.05) is 18.2 Å². The number of hydrogen-bond donors (Lipinski definition) is 1. The van der Waals surface area contributed by atoms with Gasteiger partial charge in [-0.3, -0.25) is 14.2 Å². The Morgan fingerprint density at radius 3 is 3.04 bits per heavy atom. The van der Waals surface area contributed by atoms with Gasteiger partial charge in [0, 0.05) is 30.6 Å². The fourth-order valence-corrected chi connectivity index (χ4v) is 3.65. The van der Waals surface area contributed by atoms with Crippen LogP contribution in [0.15, 0.2) is 42.7 Å². The number of piperidine rings is 1. The van der Waals surface area contributed by atoms with Crippen LogP contribution in [0.5, 0.6) is 0 Å². The largest absolute Gasteiger partial charge is 0.394 e. The maximum atomic E-state index is 12.8. The van der Waals surface area contributed by atoms with Gasteiger partial charge in [0.05, 0.1) is 30.6 Å². The Bertz CT molecular complexity index is 900. The molecule has 1 aromatic carbocycles. The number of hydrogen-bond acceptors (Lipinski definition) is 4. The smallest absolute Gasteiger partial charge is 0.244 e. The first kappa shape index (κ1) is 16.8. The van der Waals surface area contributed by atoms with E-state index in [2.05, 4.69) is 10.2 Å². The molecule has 1 aliphatic rings. The summed E-state index contributed by atoms with van der Waals surface area (Å²) in [6, 6.07) is 9.92. The maximum Gasteiger partial charge on any atom is 0.244 e. The van der Waals surface area contributed by atoms with Crippen LogP contribution in [0, 0.1) is 0 Å². The molecule has 1 aliphatic heterocycles. The van der Waals surface area contributed by atoms with E-state index in [0.717, 1.165) is 36.0 Å². The highest BCUT2D eigenvalue weighted by Gasteiger charge is 2.26. The summed E-state index contributed by atoms with van der Waals surface area (Å²) in [4.78, 5) is 14.7. The highest BCUT2D eigenvalue weighted by molar-refractivity contribution is 5.82. The molecule has 0 radical (unpaired) electrons. The number of carbonyl (C=O) groups excluding carboxylic acids is 1. The van der Waals surface area contributed by atoms with E-state index in [1.54, 1.807) is 15.6 Å². The molecular formula is C19H23N5O2. The summed E-state index contributed by atoms with van der Waals surface area (Å²) < 4.78 is 3.53. The molecule has 0 saturated carbocycles. The average Bonchev–Trinajstić information content (AvgIpc) is 3.30. The Morgan fingerprint density at radius 1 is 1.27 bits per heavy atom. The number of aliphatic hydroxyl groups is 1. The summed E-state index contributed by atoms with van der Waals surface area (Å²) in [5.41, 5.74) is 1.98. The minimum atomic E-state index is 0.0776. The molecule has 1 atom stereocenters. The number of fused-ring (bicyclic) bond motifs is 1. The molecule has 2 aromatic heterocycles. The lowest BCUT2D eigenvalue weighted by Crippen LogP contribution is -2.41. The van der Waals surface area contributed by atoms with Crippen molar-refractivity contribution in [1.29, 1.82) is 0 Å². The fraction of sp³-hybridized carbons (Fsp3) is 0.421. The second-order valence-corrected chi connectivity index (χ2v) is 6.77. The number of aromatic nitrogens is 4.